The molecule has 4 N–H and O–H groups in total. The molecule has 0 saturated carbocycles. The van der Waals surface area contributed by atoms with Gasteiger partial charge < -0.3 is 16.2 Å². The van der Waals surface area contributed by atoms with Crippen molar-refractivity contribution in [2.45, 2.75) is 58.7 Å². The molecule has 3 unspecified atom stereocenters. The summed E-state index contributed by atoms with van der Waals surface area (Å²) in [5.74, 6) is -0.531. The zero-order valence-electron chi connectivity index (χ0n) is 15.0. The van der Waals surface area contributed by atoms with Crippen molar-refractivity contribution in [1.29, 1.82) is 0 Å². The van der Waals surface area contributed by atoms with Gasteiger partial charge in [-0.05, 0) is 24.3 Å². The standard InChI is InChI=1S/C19H30N2O3/c1-12(2)10-16(17(22)13(3)4)21-19(24)18(23)15(20)11-14-8-6-5-7-9-14/h5-9,12-13,15-16,18,23H,10-11,20H2,1-4H3,(H,21,24). The Morgan fingerprint density at radius 1 is 1.12 bits per heavy atom. The first-order valence-electron chi connectivity index (χ1n) is 8.54. The number of carbonyl (C=O) groups is 2. The minimum Gasteiger partial charge on any atom is -0.382 e. The SMILES string of the molecule is CC(C)CC(NC(=O)C(O)C(N)Cc1ccccc1)C(=O)C(C)C. The average molecular weight is 334 g/mol. The van der Waals surface area contributed by atoms with Crippen LogP contribution in [0, 0.1) is 11.8 Å². The van der Waals surface area contributed by atoms with Gasteiger partial charge in [-0.1, -0.05) is 58.0 Å². The fourth-order valence-corrected chi connectivity index (χ4v) is 2.57. The fraction of sp³-hybridized carbons (Fsp3) is 0.579. The minimum atomic E-state index is -1.35. The number of Topliss-reactive ketones (excluding diaryl/α,β-unsaturated/α-hetero) is 1. The van der Waals surface area contributed by atoms with Crippen LogP contribution < -0.4 is 11.1 Å². The lowest BCUT2D eigenvalue weighted by Gasteiger charge is -2.24. The minimum absolute atomic E-state index is 0.0270. The Morgan fingerprint density at radius 3 is 2.21 bits per heavy atom. The number of aliphatic hydroxyl groups is 1. The Bertz CT molecular complexity index is 529. The molecule has 1 amide bonds. The number of rotatable bonds is 9. The molecule has 1 rings (SSSR count). The third kappa shape index (κ3) is 6.42. The largest absolute Gasteiger partial charge is 0.382 e. The van der Waals surface area contributed by atoms with E-state index >= 15 is 0 Å². The van der Waals surface area contributed by atoms with Crippen LogP contribution >= 0.6 is 0 Å². The lowest BCUT2D eigenvalue weighted by Crippen LogP contribution is -2.52. The van der Waals surface area contributed by atoms with E-state index in [1.165, 1.54) is 0 Å². The number of hydrogen-bond acceptors (Lipinski definition) is 4. The summed E-state index contributed by atoms with van der Waals surface area (Å²) in [5, 5.41) is 12.9. The van der Waals surface area contributed by atoms with Crippen LogP contribution in [0.4, 0.5) is 0 Å². The molecule has 1 aromatic rings. The molecule has 0 fully saturated rings. The summed E-state index contributed by atoms with van der Waals surface area (Å²) < 4.78 is 0. The summed E-state index contributed by atoms with van der Waals surface area (Å²) >= 11 is 0. The molecular weight excluding hydrogens is 304 g/mol. The van der Waals surface area contributed by atoms with Crippen molar-refractivity contribution in [3.05, 3.63) is 35.9 Å². The van der Waals surface area contributed by atoms with Gasteiger partial charge in [-0.2, -0.15) is 0 Å². The normalized spacial score (nSPS) is 15.2. The van der Waals surface area contributed by atoms with E-state index in [0.29, 0.717) is 12.8 Å². The molecule has 5 nitrogen and oxygen atoms in total. The van der Waals surface area contributed by atoms with Gasteiger partial charge in [-0.3, -0.25) is 9.59 Å². The molecule has 134 valence electrons. The van der Waals surface area contributed by atoms with E-state index in [2.05, 4.69) is 5.32 Å². The topological polar surface area (TPSA) is 92.4 Å². The van der Waals surface area contributed by atoms with Gasteiger partial charge in [0.25, 0.3) is 5.91 Å². The second-order valence-corrected chi connectivity index (χ2v) is 7.05. The molecule has 1 aromatic carbocycles. The molecule has 3 atom stereocenters. The average Bonchev–Trinajstić information content (AvgIpc) is 2.53. The third-order valence-electron chi connectivity index (χ3n) is 3.92. The molecule has 24 heavy (non-hydrogen) atoms. The van der Waals surface area contributed by atoms with Crippen LogP contribution in [-0.4, -0.2) is 35.0 Å². The zero-order valence-corrected chi connectivity index (χ0v) is 15.0. The molecule has 0 aromatic heterocycles. The molecule has 0 bridgehead atoms. The van der Waals surface area contributed by atoms with Crippen LogP contribution in [0.3, 0.4) is 0 Å². The number of benzene rings is 1. The predicted molar refractivity (Wildman–Crippen MR) is 95.4 cm³/mol. The second kappa shape index (κ2) is 9.55. The van der Waals surface area contributed by atoms with Gasteiger partial charge in [-0.15, -0.1) is 0 Å². The summed E-state index contributed by atoms with van der Waals surface area (Å²) in [7, 11) is 0. The van der Waals surface area contributed by atoms with Crippen molar-refractivity contribution in [2.24, 2.45) is 17.6 Å². The van der Waals surface area contributed by atoms with Crippen LogP contribution in [-0.2, 0) is 16.0 Å². The summed E-state index contributed by atoms with van der Waals surface area (Å²) in [4.78, 5) is 24.6. The van der Waals surface area contributed by atoms with E-state index in [1.807, 2.05) is 44.2 Å². The number of ketones is 1. The van der Waals surface area contributed by atoms with Crippen molar-refractivity contribution < 1.29 is 14.7 Å². The Kier molecular flexibility index (Phi) is 8.08. The van der Waals surface area contributed by atoms with E-state index in [-0.39, 0.29) is 17.6 Å². The number of carbonyl (C=O) groups excluding carboxylic acids is 2. The van der Waals surface area contributed by atoms with Gasteiger partial charge in [0.2, 0.25) is 0 Å². The van der Waals surface area contributed by atoms with Gasteiger partial charge in [0, 0.05) is 12.0 Å². The molecular formula is C19H30N2O3. The molecule has 0 saturated heterocycles. The number of amides is 1. The second-order valence-electron chi connectivity index (χ2n) is 7.05. The molecule has 0 radical (unpaired) electrons. The van der Waals surface area contributed by atoms with Gasteiger partial charge in [0.15, 0.2) is 5.78 Å². The van der Waals surface area contributed by atoms with Gasteiger partial charge >= 0.3 is 0 Å². The van der Waals surface area contributed by atoms with Crippen LogP contribution in [0.15, 0.2) is 30.3 Å². The van der Waals surface area contributed by atoms with Crippen molar-refractivity contribution in [3.8, 4) is 0 Å². The Balaban J connectivity index is 2.69. The third-order valence-corrected chi connectivity index (χ3v) is 3.92. The molecule has 0 heterocycles. The highest BCUT2D eigenvalue weighted by molar-refractivity contribution is 5.91. The molecule has 0 spiro atoms. The molecule has 0 aliphatic heterocycles. The van der Waals surface area contributed by atoms with E-state index in [1.54, 1.807) is 13.8 Å². The quantitative estimate of drug-likeness (QED) is 0.640. The van der Waals surface area contributed by atoms with Crippen LogP contribution in [0.2, 0.25) is 0 Å². The van der Waals surface area contributed by atoms with E-state index < -0.39 is 24.1 Å². The molecule has 5 heteroatoms. The summed E-state index contributed by atoms with van der Waals surface area (Å²) in [6.45, 7) is 7.59. The lowest BCUT2D eigenvalue weighted by molar-refractivity contribution is -0.135. The maximum Gasteiger partial charge on any atom is 0.251 e. The molecule has 0 aliphatic rings. The van der Waals surface area contributed by atoms with Gasteiger partial charge in [0.1, 0.15) is 6.10 Å². The van der Waals surface area contributed by atoms with E-state index in [4.69, 9.17) is 5.73 Å². The lowest BCUT2D eigenvalue weighted by atomic mass is 9.93. The van der Waals surface area contributed by atoms with Crippen molar-refractivity contribution >= 4 is 11.7 Å². The first-order valence-corrected chi connectivity index (χ1v) is 8.54. The Morgan fingerprint density at radius 2 is 1.71 bits per heavy atom. The molecule has 0 aliphatic carbocycles. The highest BCUT2D eigenvalue weighted by atomic mass is 16.3. The van der Waals surface area contributed by atoms with Crippen LogP contribution in [0.1, 0.15) is 39.7 Å². The Hall–Kier alpha value is -1.72. The monoisotopic (exact) mass is 334 g/mol. The number of nitrogens with one attached hydrogen (secondary N) is 1. The fourth-order valence-electron chi connectivity index (χ4n) is 2.57. The number of nitrogens with two attached hydrogens (primary N) is 1. The first-order chi connectivity index (χ1) is 11.2. The van der Waals surface area contributed by atoms with Crippen molar-refractivity contribution in [1.82, 2.24) is 5.32 Å². The first kappa shape index (κ1) is 20.3. The van der Waals surface area contributed by atoms with Crippen molar-refractivity contribution in [3.63, 3.8) is 0 Å². The highest BCUT2D eigenvalue weighted by Gasteiger charge is 2.29. The number of hydrogen-bond donors (Lipinski definition) is 3. The number of aliphatic hydroxyl groups excluding tert-OH is 1. The van der Waals surface area contributed by atoms with Gasteiger partial charge in [-0.25, -0.2) is 0 Å². The highest BCUT2D eigenvalue weighted by Crippen LogP contribution is 2.11. The predicted octanol–water partition coefficient (Wildman–Crippen LogP) is 1.67. The smallest absolute Gasteiger partial charge is 0.251 e. The van der Waals surface area contributed by atoms with E-state index in [0.717, 1.165) is 5.56 Å². The summed E-state index contributed by atoms with van der Waals surface area (Å²) in [6.07, 6.45) is -0.411. The van der Waals surface area contributed by atoms with Crippen LogP contribution in [0.25, 0.3) is 0 Å². The van der Waals surface area contributed by atoms with Gasteiger partial charge in [0.05, 0.1) is 6.04 Å². The van der Waals surface area contributed by atoms with Crippen molar-refractivity contribution in [2.75, 3.05) is 0 Å². The van der Waals surface area contributed by atoms with E-state index in [9.17, 15) is 14.7 Å². The zero-order chi connectivity index (χ0) is 18.3. The summed E-state index contributed by atoms with van der Waals surface area (Å²) in [5.41, 5.74) is 6.92. The Labute approximate surface area is 144 Å². The van der Waals surface area contributed by atoms with Crippen LogP contribution in [0.5, 0.6) is 0 Å². The maximum atomic E-state index is 12.3. The maximum absolute atomic E-state index is 12.3. The summed E-state index contributed by atoms with van der Waals surface area (Å²) in [6, 6.07) is 8.15.